The van der Waals surface area contributed by atoms with Gasteiger partial charge in [0.2, 0.25) is 0 Å². The number of nitrogens with zero attached hydrogens (tertiary/aromatic N) is 1. The number of pyridine rings is 1. The zero-order valence-electron chi connectivity index (χ0n) is 11.1. The molecule has 1 rings (SSSR count). The topological polar surface area (TPSA) is 24.9 Å². The lowest BCUT2D eigenvalue weighted by molar-refractivity contribution is 0.569. The first-order valence-corrected chi connectivity index (χ1v) is 7.82. The molecule has 0 radical (unpaired) electrons. The normalized spacial score (nSPS) is 12.2. The van der Waals surface area contributed by atoms with Crippen molar-refractivity contribution in [3.8, 4) is 0 Å². The van der Waals surface area contributed by atoms with Crippen molar-refractivity contribution in [2.75, 3.05) is 13.1 Å². The van der Waals surface area contributed by atoms with Gasteiger partial charge in [-0.15, -0.1) is 0 Å². The van der Waals surface area contributed by atoms with E-state index in [9.17, 15) is 0 Å². The highest BCUT2D eigenvalue weighted by molar-refractivity contribution is 9.11. The van der Waals surface area contributed by atoms with Crippen molar-refractivity contribution in [3.05, 3.63) is 32.5 Å². The van der Waals surface area contributed by atoms with E-state index in [1.165, 1.54) is 5.57 Å². The molecule has 0 fully saturated rings. The second-order valence-corrected chi connectivity index (χ2v) is 6.47. The third-order valence-corrected chi connectivity index (χ3v) is 3.60. The summed E-state index contributed by atoms with van der Waals surface area (Å²) in [5, 5.41) is 3.47. The van der Waals surface area contributed by atoms with Crippen LogP contribution in [-0.2, 0) is 0 Å². The number of hydrogen-bond donors (Lipinski definition) is 1. The summed E-state index contributed by atoms with van der Waals surface area (Å²) in [4.78, 5) is 4.41. The van der Waals surface area contributed by atoms with Gasteiger partial charge in [-0.3, -0.25) is 4.98 Å². The number of aromatic nitrogens is 1. The number of hydrogen-bond acceptors (Lipinski definition) is 2. The highest BCUT2D eigenvalue weighted by Gasteiger charge is 2.02. The smallest absolute Gasteiger partial charge is 0.0772 e. The summed E-state index contributed by atoms with van der Waals surface area (Å²) in [6.45, 7) is 8.59. The van der Waals surface area contributed by atoms with E-state index in [1.807, 2.05) is 12.3 Å². The lowest BCUT2D eigenvalue weighted by atomic mass is 10.1. The van der Waals surface area contributed by atoms with Crippen LogP contribution in [0.25, 0.3) is 6.08 Å². The summed E-state index contributed by atoms with van der Waals surface area (Å²) in [6.07, 6.45) is 5.02. The monoisotopic (exact) mass is 374 g/mol. The predicted octanol–water partition coefficient (Wildman–Crippen LogP) is 4.65. The van der Waals surface area contributed by atoms with Crippen molar-refractivity contribution < 1.29 is 0 Å². The second kappa shape index (κ2) is 8.08. The standard InChI is InChI=1S/C14H20Br2N2/c1-4-11(8-17-7-10(2)3)5-14-13(16)6-12(15)9-18-14/h5-6,9-10,17H,4,7-8H2,1-3H3. The van der Waals surface area contributed by atoms with Crippen molar-refractivity contribution in [2.24, 2.45) is 5.92 Å². The average Bonchev–Trinajstić information content (AvgIpc) is 2.30. The van der Waals surface area contributed by atoms with E-state index in [1.54, 1.807) is 0 Å². The molecular weight excluding hydrogens is 356 g/mol. The lowest BCUT2D eigenvalue weighted by Gasteiger charge is -2.10. The van der Waals surface area contributed by atoms with Gasteiger partial charge in [0.1, 0.15) is 0 Å². The van der Waals surface area contributed by atoms with Crippen LogP contribution in [0.15, 0.2) is 26.8 Å². The molecule has 0 aliphatic carbocycles. The summed E-state index contributed by atoms with van der Waals surface area (Å²) in [6, 6.07) is 2.02. The van der Waals surface area contributed by atoms with Crippen molar-refractivity contribution in [1.82, 2.24) is 10.3 Å². The Balaban J connectivity index is 2.71. The minimum Gasteiger partial charge on any atom is -0.313 e. The van der Waals surface area contributed by atoms with Crippen molar-refractivity contribution >= 4 is 37.9 Å². The Bertz CT molecular complexity index is 414. The van der Waals surface area contributed by atoms with Gasteiger partial charge in [-0.1, -0.05) is 26.3 Å². The maximum Gasteiger partial charge on any atom is 0.0772 e. The molecule has 0 atom stereocenters. The average molecular weight is 376 g/mol. The van der Waals surface area contributed by atoms with Crippen LogP contribution < -0.4 is 5.32 Å². The maximum absolute atomic E-state index is 4.41. The van der Waals surface area contributed by atoms with Gasteiger partial charge in [-0.05, 0) is 62.9 Å². The van der Waals surface area contributed by atoms with Crippen molar-refractivity contribution in [2.45, 2.75) is 27.2 Å². The molecule has 0 amide bonds. The molecular formula is C14H20Br2N2. The van der Waals surface area contributed by atoms with E-state index in [0.717, 1.165) is 34.1 Å². The summed E-state index contributed by atoms with van der Waals surface area (Å²) < 4.78 is 2.01. The molecule has 1 aromatic rings. The van der Waals surface area contributed by atoms with Crippen molar-refractivity contribution in [1.29, 1.82) is 0 Å². The van der Waals surface area contributed by atoms with Gasteiger partial charge in [0.15, 0.2) is 0 Å². The zero-order chi connectivity index (χ0) is 13.5. The third-order valence-electron chi connectivity index (χ3n) is 2.54. The van der Waals surface area contributed by atoms with Crippen LogP contribution in [0.2, 0.25) is 0 Å². The summed E-state index contributed by atoms with van der Waals surface area (Å²) in [5.41, 5.74) is 2.35. The Kier molecular flexibility index (Phi) is 7.12. The Hall–Kier alpha value is -0.190. The van der Waals surface area contributed by atoms with Crippen molar-refractivity contribution in [3.63, 3.8) is 0 Å². The number of halogens is 2. The Morgan fingerprint density at radius 3 is 2.72 bits per heavy atom. The molecule has 0 bridgehead atoms. The Morgan fingerprint density at radius 1 is 1.44 bits per heavy atom. The fourth-order valence-electron chi connectivity index (χ4n) is 1.52. The van der Waals surface area contributed by atoms with Crippen LogP contribution in [0.4, 0.5) is 0 Å². The minimum atomic E-state index is 0.681. The molecule has 18 heavy (non-hydrogen) atoms. The molecule has 0 saturated heterocycles. The largest absolute Gasteiger partial charge is 0.313 e. The third kappa shape index (κ3) is 5.63. The molecule has 2 nitrogen and oxygen atoms in total. The van der Waals surface area contributed by atoms with E-state index in [-0.39, 0.29) is 0 Å². The van der Waals surface area contributed by atoms with Gasteiger partial charge in [0.05, 0.1) is 5.69 Å². The molecule has 0 aliphatic rings. The molecule has 0 saturated carbocycles. The van der Waals surface area contributed by atoms with E-state index in [4.69, 9.17) is 0 Å². The van der Waals surface area contributed by atoms with Crippen LogP contribution >= 0.6 is 31.9 Å². The fraction of sp³-hybridized carbons (Fsp3) is 0.500. The minimum absolute atomic E-state index is 0.681. The number of nitrogens with one attached hydrogen (secondary N) is 1. The predicted molar refractivity (Wildman–Crippen MR) is 85.6 cm³/mol. The molecule has 1 heterocycles. The van der Waals surface area contributed by atoms with Gasteiger partial charge in [-0.2, -0.15) is 0 Å². The number of rotatable bonds is 6. The van der Waals surface area contributed by atoms with Gasteiger partial charge in [-0.25, -0.2) is 0 Å². The van der Waals surface area contributed by atoms with Crippen LogP contribution in [0.5, 0.6) is 0 Å². The molecule has 4 heteroatoms. The molecule has 0 spiro atoms. The van der Waals surface area contributed by atoms with Crippen LogP contribution in [0.1, 0.15) is 32.9 Å². The van der Waals surface area contributed by atoms with E-state index >= 15 is 0 Å². The molecule has 0 unspecified atom stereocenters. The molecule has 1 N–H and O–H groups in total. The van der Waals surface area contributed by atoms with E-state index in [2.05, 4.69) is 69.0 Å². The quantitative estimate of drug-likeness (QED) is 0.782. The first-order valence-electron chi connectivity index (χ1n) is 6.24. The fourth-order valence-corrected chi connectivity index (χ4v) is 2.63. The Labute approximate surface area is 127 Å². The molecule has 1 aromatic heterocycles. The lowest BCUT2D eigenvalue weighted by Crippen LogP contribution is -2.21. The summed E-state index contributed by atoms with van der Waals surface area (Å²) in [7, 11) is 0. The van der Waals surface area contributed by atoms with Crippen LogP contribution in [-0.4, -0.2) is 18.1 Å². The van der Waals surface area contributed by atoms with Crippen LogP contribution in [0.3, 0.4) is 0 Å². The first kappa shape index (κ1) is 15.9. The molecule has 0 aromatic carbocycles. The van der Waals surface area contributed by atoms with E-state index in [0.29, 0.717) is 5.92 Å². The zero-order valence-corrected chi connectivity index (χ0v) is 14.3. The van der Waals surface area contributed by atoms with Gasteiger partial charge in [0.25, 0.3) is 0 Å². The summed E-state index contributed by atoms with van der Waals surface area (Å²) in [5.74, 6) is 0.681. The summed E-state index contributed by atoms with van der Waals surface area (Å²) >= 11 is 6.95. The van der Waals surface area contributed by atoms with Crippen LogP contribution in [0, 0.1) is 5.92 Å². The van der Waals surface area contributed by atoms with Gasteiger partial charge < -0.3 is 5.32 Å². The molecule has 0 aliphatic heterocycles. The van der Waals surface area contributed by atoms with Gasteiger partial charge in [0, 0.05) is 21.7 Å². The SMILES string of the molecule is CCC(=Cc1ncc(Br)cc1Br)CNCC(C)C. The highest BCUT2D eigenvalue weighted by Crippen LogP contribution is 2.22. The Morgan fingerprint density at radius 2 is 2.17 bits per heavy atom. The first-order chi connectivity index (χ1) is 8.52. The maximum atomic E-state index is 4.41. The molecule has 100 valence electrons. The van der Waals surface area contributed by atoms with E-state index < -0.39 is 0 Å². The second-order valence-electron chi connectivity index (χ2n) is 4.70. The van der Waals surface area contributed by atoms with Gasteiger partial charge >= 0.3 is 0 Å². The highest BCUT2D eigenvalue weighted by atomic mass is 79.9.